The molecule has 0 aliphatic carbocycles. The minimum Gasteiger partial charge on any atom is -0.397 e. The molecule has 1 amide bonds. The zero-order valence-electron chi connectivity index (χ0n) is 11.1. The molecule has 2 aromatic heterocycles. The van der Waals surface area contributed by atoms with Crippen LogP contribution in [0.4, 0.5) is 5.69 Å². The van der Waals surface area contributed by atoms with Gasteiger partial charge in [-0.1, -0.05) is 0 Å². The van der Waals surface area contributed by atoms with Crippen molar-refractivity contribution in [2.75, 3.05) is 12.3 Å². The summed E-state index contributed by atoms with van der Waals surface area (Å²) in [7, 11) is 0. The van der Waals surface area contributed by atoms with Gasteiger partial charge in [0.25, 0.3) is 5.91 Å². The van der Waals surface area contributed by atoms with Gasteiger partial charge in [0.2, 0.25) is 0 Å². The number of nitrogen functional groups attached to an aromatic ring is 1. The number of pyridine rings is 1. The van der Waals surface area contributed by atoms with E-state index in [1.54, 1.807) is 23.5 Å². The van der Waals surface area contributed by atoms with E-state index in [0.29, 0.717) is 11.4 Å². The van der Waals surface area contributed by atoms with Crippen molar-refractivity contribution in [1.82, 2.24) is 9.88 Å². The number of nitrogens with two attached hydrogens (primary N) is 1. The number of halogens is 1. The molecule has 3 heterocycles. The molecule has 4 nitrogen and oxygen atoms in total. The second kappa shape index (κ2) is 5.81. The Morgan fingerprint density at radius 3 is 2.95 bits per heavy atom. The number of aromatic nitrogens is 1. The van der Waals surface area contributed by atoms with Crippen molar-refractivity contribution >= 4 is 35.3 Å². The first-order chi connectivity index (χ1) is 9.16. The van der Waals surface area contributed by atoms with Crippen LogP contribution in [-0.2, 0) is 6.42 Å². The van der Waals surface area contributed by atoms with Gasteiger partial charge in [-0.15, -0.1) is 23.7 Å². The van der Waals surface area contributed by atoms with E-state index < -0.39 is 0 Å². The molecule has 0 bridgehead atoms. The molecule has 1 aliphatic rings. The number of carbonyl (C=O) groups excluding carboxylic acids is 1. The summed E-state index contributed by atoms with van der Waals surface area (Å²) in [6.07, 6.45) is 2.45. The first kappa shape index (κ1) is 14.8. The van der Waals surface area contributed by atoms with Crippen molar-refractivity contribution in [3.8, 4) is 0 Å². The zero-order chi connectivity index (χ0) is 13.4. The van der Waals surface area contributed by atoms with Crippen LogP contribution in [-0.4, -0.2) is 22.3 Å². The van der Waals surface area contributed by atoms with Crippen LogP contribution in [0.2, 0.25) is 0 Å². The van der Waals surface area contributed by atoms with Crippen molar-refractivity contribution in [3.05, 3.63) is 45.9 Å². The lowest BCUT2D eigenvalue weighted by Gasteiger charge is -2.33. The van der Waals surface area contributed by atoms with Gasteiger partial charge >= 0.3 is 0 Å². The number of thiophene rings is 1. The highest BCUT2D eigenvalue weighted by Crippen LogP contribution is 2.33. The Labute approximate surface area is 128 Å². The number of nitrogens with zero attached hydrogens (tertiary/aromatic N) is 2. The number of hydrogen-bond acceptors (Lipinski definition) is 4. The van der Waals surface area contributed by atoms with E-state index in [9.17, 15) is 4.79 Å². The summed E-state index contributed by atoms with van der Waals surface area (Å²) < 4.78 is 0. The molecule has 20 heavy (non-hydrogen) atoms. The Balaban J connectivity index is 0.00000147. The molecule has 0 saturated carbocycles. The zero-order valence-corrected chi connectivity index (χ0v) is 12.7. The van der Waals surface area contributed by atoms with Gasteiger partial charge in [0.1, 0.15) is 5.69 Å². The van der Waals surface area contributed by atoms with Crippen LogP contribution in [0.1, 0.15) is 33.9 Å². The second-order valence-electron chi connectivity index (χ2n) is 4.70. The topological polar surface area (TPSA) is 59.2 Å². The number of rotatable bonds is 1. The van der Waals surface area contributed by atoms with Gasteiger partial charge in [-0.3, -0.25) is 4.79 Å². The molecular weight excluding hydrogens is 294 g/mol. The number of anilines is 1. The Hall–Kier alpha value is -1.59. The Morgan fingerprint density at radius 2 is 2.25 bits per heavy atom. The van der Waals surface area contributed by atoms with Gasteiger partial charge in [-0.05, 0) is 42.5 Å². The number of carbonyl (C=O) groups is 1. The Bertz CT molecular complexity index is 611. The van der Waals surface area contributed by atoms with Gasteiger partial charge in [0, 0.05) is 11.4 Å². The lowest BCUT2D eigenvalue weighted by atomic mass is 10.0. The average Bonchev–Trinajstić information content (AvgIpc) is 2.88. The van der Waals surface area contributed by atoms with Crippen LogP contribution in [0.3, 0.4) is 0 Å². The maximum atomic E-state index is 12.5. The van der Waals surface area contributed by atoms with E-state index in [1.807, 2.05) is 4.90 Å². The lowest BCUT2D eigenvalue weighted by molar-refractivity contribution is 0.0673. The molecule has 1 atom stereocenters. The first-order valence-corrected chi connectivity index (χ1v) is 7.13. The number of amides is 1. The van der Waals surface area contributed by atoms with Crippen molar-refractivity contribution in [1.29, 1.82) is 0 Å². The van der Waals surface area contributed by atoms with E-state index in [1.165, 1.54) is 16.6 Å². The average molecular weight is 310 g/mol. The summed E-state index contributed by atoms with van der Waals surface area (Å²) in [5.74, 6) is -0.0237. The van der Waals surface area contributed by atoms with Crippen molar-refractivity contribution in [2.45, 2.75) is 19.4 Å². The fourth-order valence-electron chi connectivity index (χ4n) is 2.47. The fourth-order valence-corrected chi connectivity index (χ4v) is 3.43. The van der Waals surface area contributed by atoms with Crippen molar-refractivity contribution < 1.29 is 4.79 Å². The van der Waals surface area contributed by atoms with E-state index in [0.717, 1.165) is 13.0 Å². The molecule has 6 heteroatoms. The van der Waals surface area contributed by atoms with E-state index in [4.69, 9.17) is 5.73 Å². The summed E-state index contributed by atoms with van der Waals surface area (Å²) in [5.41, 5.74) is 7.89. The van der Waals surface area contributed by atoms with Crippen molar-refractivity contribution in [2.24, 2.45) is 0 Å². The van der Waals surface area contributed by atoms with Crippen LogP contribution in [0.15, 0.2) is 29.8 Å². The van der Waals surface area contributed by atoms with E-state index in [-0.39, 0.29) is 24.4 Å². The lowest BCUT2D eigenvalue weighted by Crippen LogP contribution is -2.38. The third-order valence-corrected chi connectivity index (χ3v) is 4.54. The highest BCUT2D eigenvalue weighted by Gasteiger charge is 2.29. The smallest absolute Gasteiger partial charge is 0.272 e. The molecule has 106 valence electrons. The molecular formula is C14H16ClN3OS. The molecule has 3 rings (SSSR count). The van der Waals surface area contributed by atoms with E-state index >= 15 is 0 Å². The Morgan fingerprint density at radius 1 is 1.45 bits per heavy atom. The van der Waals surface area contributed by atoms with Gasteiger partial charge in [-0.2, -0.15) is 0 Å². The second-order valence-corrected chi connectivity index (χ2v) is 5.70. The van der Waals surface area contributed by atoms with Gasteiger partial charge < -0.3 is 10.6 Å². The molecule has 0 radical (unpaired) electrons. The predicted molar refractivity (Wildman–Crippen MR) is 83.4 cm³/mol. The molecule has 2 aromatic rings. The Kier molecular flexibility index (Phi) is 4.30. The van der Waals surface area contributed by atoms with Gasteiger partial charge in [0.05, 0.1) is 17.9 Å². The minimum atomic E-state index is -0.0237. The molecule has 2 N–H and O–H groups in total. The predicted octanol–water partition coefficient (Wildman–Crippen LogP) is 2.91. The normalized spacial score (nSPS) is 17.2. The number of fused-ring (bicyclic) bond motifs is 1. The molecule has 1 unspecified atom stereocenters. The molecule has 0 saturated heterocycles. The maximum absolute atomic E-state index is 12.5. The third-order valence-electron chi connectivity index (χ3n) is 3.54. The molecule has 1 aliphatic heterocycles. The van der Waals surface area contributed by atoms with Crippen LogP contribution in [0.25, 0.3) is 0 Å². The number of hydrogen-bond donors (Lipinski definition) is 1. The SMILES string of the molecule is CC1c2ccsc2CCN1C(=O)c1ccc(N)cn1.Cl. The summed E-state index contributed by atoms with van der Waals surface area (Å²) in [4.78, 5) is 19.9. The van der Waals surface area contributed by atoms with Gasteiger partial charge in [0.15, 0.2) is 0 Å². The largest absolute Gasteiger partial charge is 0.397 e. The fraction of sp³-hybridized carbons (Fsp3) is 0.286. The molecule has 0 fully saturated rings. The monoisotopic (exact) mass is 309 g/mol. The summed E-state index contributed by atoms with van der Waals surface area (Å²) >= 11 is 1.77. The highest BCUT2D eigenvalue weighted by atomic mass is 35.5. The van der Waals surface area contributed by atoms with E-state index in [2.05, 4.69) is 23.4 Å². The quantitative estimate of drug-likeness (QED) is 0.881. The third kappa shape index (κ3) is 2.51. The van der Waals surface area contributed by atoms with Gasteiger partial charge in [-0.25, -0.2) is 4.98 Å². The summed E-state index contributed by atoms with van der Waals surface area (Å²) in [5, 5.41) is 2.09. The molecule has 0 aromatic carbocycles. The van der Waals surface area contributed by atoms with Crippen LogP contribution < -0.4 is 5.73 Å². The standard InChI is InChI=1S/C14H15N3OS.ClH/c1-9-11-5-7-19-13(11)4-6-17(9)14(18)12-3-2-10(15)8-16-12;/h2-3,5,7-9H,4,6,15H2,1H3;1H. The van der Waals surface area contributed by atoms with Crippen molar-refractivity contribution in [3.63, 3.8) is 0 Å². The maximum Gasteiger partial charge on any atom is 0.272 e. The summed E-state index contributed by atoms with van der Waals surface area (Å²) in [6, 6.07) is 5.63. The highest BCUT2D eigenvalue weighted by molar-refractivity contribution is 7.10. The van der Waals surface area contributed by atoms with Crippen LogP contribution in [0.5, 0.6) is 0 Å². The minimum absolute atomic E-state index is 0. The summed E-state index contributed by atoms with van der Waals surface area (Å²) in [6.45, 7) is 2.82. The molecule has 0 spiro atoms. The van der Waals surface area contributed by atoms with Crippen LogP contribution >= 0.6 is 23.7 Å². The van der Waals surface area contributed by atoms with Crippen LogP contribution in [0, 0.1) is 0 Å². The first-order valence-electron chi connectivity index (χ1n) is 6.25.